The Morgan fingerprint density at radius 1 is 0.784 bits per heavy atom. The highest BCUT2D eigenvalue weighted by Crippen LogP contribution is 2.70. The number of ether oxygens (including phenoxy) is 3. The van der Waals surface area contributed by atoms with Gasteiger partial charge in [0.15, 0.2) is 6.29 Å². The van der Waals surface area contributed by atoms with Crippen LogP contribution < -0.4 is 4.74 Å². The summed E-state index contributed by atoms with van der Waals surface area (Å²) < 4.78 is 87.5. The van der Waals surface area contributed by atoms with Crippen LogP contribution in [0.5, 0.6) is 5.75 Å². The van der Waals surface area contributed by atoms with Crippen LogP contribution >= 0.6 is 10.3 Å². The standard InChI is InChI=1S/C26H27F3O6S2/c27-26(28,29)37(30,31)35-36(22-9-3-1-4-10-22,23-11-5-2-6-12-23)24-16-14-21(15-17-24)32-19-20-34-25-13-7-8-18-33-25/h1-6,9-12,14-17,25H,7-8,13,18-20H2. The molecular formula is C26H27F3O6S2. The molecule has 200 valence electrons. The quantitative estimate of drug-likeness (QED) is 0.205. The first-order chi connectivity index (χ1) is 17.7. The molecule has 3 aromatic rings. The van der Waals surface area contributed by atoms with Crippen LogP contribution in [0.15, 0.2) is 99.6 Å². The normalized spacial score (nSPS) is 17.3. The van der Waals surface area contributed by atoms with Gasteiger partial charge < -0.3 is 14.2 Å². The second-order valence-electron chi connectivity index (χ2n) is 8.14. The van der Waals surface area contributed by atoms with Crippen molar-refractivity contribution in [2.24, 2.45) is 0 Å². The lowest BCUT2D eigenvalue weighted by molar-refractivity contribution is -0.165. The lowest BCUT2D eigenvalue weighted by Crippen LogP contribution is -2.27. The third kappa shape index (κ3) is 6.47. The number of hydrogen-bond donors (Lipinski definition) is 0. The summed E-state index contributed by atoms with van der Waals surface area (Å²) in [7, 11) is -9.30. The Labute approximate surface area is 216 Å². The van der Waals surface area contributed by atoms with Crippen molar-refractivity contribution in [2.75, 3.05) is 19.8 Å². The molecule has 0 aromatic heterocycles. The Balaban J connectivity index is 1.65. The molecule has 0 radical (unpaired) electrons. The summed E-state index contributed by atoms with van der Waals surface area (Å²) >= 11 is 0. The van der Waals surface area contributed by atoms with Gasteiger partial charge in [0.2, 0.25) is 0 Å². The highest BCUT2D eigenvalue weighted by Gasteiger charge is 2.52. The van der Waals surface area contributed by atoms with Crippen LogP contribution in [0.4, 0.5) is 13.2 Å². The van der Waals surface area contributed by atoms with Gasteiger partial charge in [-0.25, -0.2) is 0 Å². The van der Waals surface area contributed by atoms with Crippen LogP contribution in [0.3, 0.4) is 0 Å². The number of alkyl halides is 3. The molecule has 1 heterocycles. The van der Waals surface area contributed by atoms with Gasteiger partial charge in [-0.2, -0.15) is 25.2 Å². The average Bonchev–Trinajstić information content (AvgIpc) is 2.91. The number of hydrogen-bond acceptors (Lipinski definition) is 6. The maximum absolute atomic E-state index is 13.5. The Morgan fingerprint density at radius 3 is 1.86 bits per heavy atom. The summed E-state index contributed by atoms with van der Waals surface area (Å²) in [6.45, 7) is 1.22. The Kier molecular flexibility index (Phi) is 8.81. The lowest BCUT2D eigenvalue weighted by atomic mass is 10.2. The van der Waals surface area contributed by atoms with E-state index in [2.05, 4.69) is 0 Å². The molecule has 1 unspecified atom stereocenters. The molecule has 11 heteroatoms. The molecule has 0 bridgehead atoms. The maximum Gasteiger partial charge on any atom is 0.524 e. The number of rotatable bonds is 10. The van der Waals surface area contributed by atoms with E-state index in [-0.39, 0.29) is 17.8 Å². The van der Waals surface area contributed by atoms with Crippen LogP contribution in [0.25, 0.3) is 0 Å². The molecule has 6 nitrogen and oxygen atoms in total. The van der Waals surface area contributed by atoms with Crippen LogP contribution in [-0.4, -0.2) is 40.0 Å². The van der Waals surface area contributed by atoms with Gasteiger partial charge in [0.25, 0.3) is 0 Å². The van der Waals surface area contributed by atoms with E-state index < -0.39 is 25.9 Å². The van der Waals surface area contributed by atoms with Gasteiger partial charge >= 0.3 is 15.6 Å². The molecule has 0 saturated carbocycles. The Hall–Kier alpha value is -2.57. The molecule has 37 heavy (non-hydrogen) atoms. The molecule has 1 atom stereocenters. The van der Waals surface area contributed by atoms with Crippen molar-refractivity contribution in [1.82, 2.24) is 0 Å². The second kappa shape index (κ2) is 11.9. The summed E-state index contributed by atoms with van der Waals surface area (Å²) in [5.41, 5.74) is -5.60. The third-order valence-corrected chi connectivity index (χ3v) is 10.5. The molecule has 0 aliphatic carbocycles. The lowest BCUT2D eigenvalue weighted by Gasteiger charge is -2.39. The zero-order valence-corrected chi connectivity index (χ0v) is 21.4. The highest BCUT2D eigenvalue weighted by molar-refractivity contribution is 8.33. The molecular weight excluding hydrogens is 529 g/mol. The van der Waals surface area contributed by atoms with E-state index in [1.165, 1.54) is 12.1 Å². The van der Waals surface area contributed by atoms with Crippen molar-refractivity contribution < 1.29 is 39.4 Å². The van der Waals surface area contributed by atoms with Crippen molar-refractivity contribution in [3.8, 4) is 5.75 Å². The molecule has 0 spiro atoms. The molecule has 3 aromatic carbocycles. The SMILES string of the molecule is O=S(=O)(OS(c1ccccc1)(c1ccccc1)c1ccc(OCCOC2CCCCO2)cc1)C(F)(F)F. The van der Waals surface area contributed by atoms with Crippen molar-refractivity contribution >= 4 is 20.4 Å². The summed E-state index contributed by atoms with van der Waals surface area (Å²) in [5, 5.41) is 0. The summed E-state index contributed by atoms with van der Waals surface area (Å²) in [6, 6.07) is 22.3. The molecule has 0 N–H and O–H groups in total. The largest absolute Gasteiger partial charge is 0.524 e. The van der Waals surface area contributed by atoms with E-state index >= 15 is 0 Å². The zero-order chi connectivity index (χ0) is 26.4. The zero-order valence-electron chi connectivity index (χ0n) is 19.8. The fourth-order valence-electron chi connectivity index (χ4n) is 3.83. The third-order valence-electron chi connectivity index (χ3n) is 5.57. The number of halogens is 3. The average molecular weight is 557 g/mol. The number of benzene rings is 3. The van der Waals surface area contributed by atoms with E-state index in [1.54, 1.807) is 72.8 Å². The Bertz CT molecular complexity index is 1190. The highest BCUT2D eigenvalue weighted by atomic mass is 32.3. The Morgan fingerprint density at radius 2 is 1.35 bits per heavy atom. The summed E-state index contributed by atoms with van der Waals surface area (Å²) in [4.78, 5) is 0.851. The summed E-state index contributed by atoms with van der Waals surface area (Å²) in [5.74, 6) is 0.449. The van der Waals surface area contributed by atoms with Crippen LogP contribution in [0, 0.1) is 0 Å². The fraction of sp³-hybridized carbons (Fsp3) is 0.308. The first kappa shape index (κ1) is 27.5. The molecule has 1 aliphatic heterocycles. The van der Waals surface area contributed by atoms with E-state index in [4.69, 9.17) is 17.8 Å². The molecule has 0 amide bonds. The predicted octanol–water partition coefficient (Wildman–Crippen LogP) is 6.67. The van der Waals surface area contributed by atoms with Gasteiger partial charge in [0.05, 0.1) is 6.61 Å². The van der Waals surface area contributed by atoms with Gasteiger partial charge in [0, 0.05) is 21.3 Å². The van der Waals surface area contributed by atoms with Crippen LogP contribution in [0.1, 0.15) is 19.3 Å². The smallest absolute Gasteiger partial charge is 0.491 e. The van der Waals surface area contributed by atoms with Crippen molar-refractivity contribution in [2.45, 2.75) is 45.7 Å². The summed E-state index contributed by atoms with van der Waals surface area (Å²) in [6.07, 6.45) is 2.66. The van der Waals surface area contributed by atoms with Gasteiger partial charge in [-0.15, -0.1) is 0 Å². The van der Waals surface area contributed by atoms with E-state index in [9.17, 15) is 21.6 Å². The second-order valence-corrected chi connectivity index (χ2v) is 12.6. The van der Waals surface area contributed by atoms with E-state index in [1.807, 2.05) is 0 Å². The van der Waals surface area contributed by atoms with Gasteiger partial charge in [-0.1, -0.05) is 36.4 Å². The monoisotopic (exact) mass is 556 g/mol. The fourth-order valence-corrected chi connectivity index (χ4v) is 8.58. The van der Waals surface area contributed by atoms with Crippen molar-refractivity contribution in [3.63, 3.8) is 0 Å². The first-order valence-electron chi connectivity index (χ1n) is 11.6. The van der Waals surface area contributed by atoms with Crippen LogP contribution in [0.2, 0.25) is 0 Å². The first-order valence-corrected chi connectivity index (χ1v) is 14.6. The van der Waals surface area contributed by atoms with E-state index in [0.29, 0.717) is 28.8 Å². The molecule has 1 saturated heterocycles. The molecule has 4 rings (SSSR count). The minimum Gasteiger partial charge on any atom is -0.491 e. The minimum absolute atomic E-state index is 0.242. The predicted molar refractivity (Wildman–Crippen MR) is 133 cm³/mol. The van der Waals surface area contributed by atoms with E-state index in [0.717, 1.165) is 19.3 Å². The van der Waals surface area contributed by atoms with Gasteiger partial charge in [-0.3, -0.25) is 0 Å². The molecule has 1 fully saturated rings. The van der Waals surface area contributed by atoms with Gasteiger partial charge in [0.1, 0.15) is 12.4 Å². The van der Waals surface area contributed by atoms with Crippen LogP contribution in [-0.2, 0) is 23.2 Å². The minimum atomic E-state index is -5.96. The van der Waals surface area contributed by atoms with Gasteiger partial charge in [-0.05, 0) is 78.1 Å². The maximum atomic E-state index is 13.5. The molecule has 1 aliphatic rings. The van der Waals surface area contributed by atoms with Crippen molar-refractivity contribution in [1.29, 1.82) is 0 Å². The van der Waals surface area contributed by atoms with Crippen molar-refractivity contribution in [3.05, 3.63) is 84.9 Å². The topological polar surface area (TPSA) is 71.1 Å².